The highest BCUT2D eigenvalue weighted by Crippen LogP contribution is 2.41. The summed E-state index contributed by atoms with van der Waals surface area (Å²) in [5.41, 5.74) is 0.773. The van der Waals surface area contributed by atoms with Crippen molar-refractivity contribution in [2.45, 2.75) is 11.6 Å². The van der Waals surface area contributed by atoms with Crippen LogP contribution in [-0.2, 0) is 15.1 Å². The van der Waals surface area contributed by atoms with Crippen molar-refractivity contribution in [3.8, 4) is 11.5 Å². The molecule has 2 atom stereocenters. The van der Waals surface area contributed by atoms with E-state index in [0.717, 1.165) is 11.1 Å². The topological polar surface area (TPSA) is 56.8 Å². The summed E-state index contributed by atoms with van der Waals surface area (Å²) in [6.07, 6.45) is 0.520. The summed E-state index contributed by atoms with van der Waals surface area (Å²) >= 11 is 6.08. The predicted molar refractivity (Wildman–Crippen MR) is 105 cm³/mol. The summed E-state index contributed by atoms with van der Waals surface area (Å²) < 4.78 is 16.7. The minimum Gasteiger partial charge on any atom is -0.493 e. The van der Waals surface area contributed by atoms with E-state index in [-0.39, 0.29) is 5.78 Å². The van der Waals surface area contributed by atoms with Gasteiger partial charge in [-0.05, 0) is 41.5 Å². The van der Waals surface area contributed by atoms with Gasteiger partial charge in [-0.25, -0.2) is 0 Å². The Hall–Kier alpha value is -2.34. The Balaban J connectivity index is 2.25. The third-order valence-corrected chi connectivity index (χ3v) is 5.03. The van der Waals surface area contributed by atoms with Gasteiger partial charge in [-0.3, -0.25) is 10.1 Å². The lowest BCUT2D eigenvalue weighted by atomic mass is 9.75. The monoisotopic (exact) mass is 387 g/mol. The van der Waals surface area contributed by atoms with E-state index in [9.17, 15) is 4.79 Å². The molecule has 0 amide bonds. The van der Waals surface area contributed by atoms with Crippen LogP contribution in [0.15, 0.2) is 55.1 Å². The second-order valence-electron chi connectivity index (χ2n) is 6.17. The van der Waals surface area contributed by atoms with Crippen LogP contribution < -0.4 is 14.8 Å². The smallest absolute Gasteiger partial charge is 0.186 e. The molecular weight excluding hydrogens is 366 g/mol. The van der Waals surface area contributed by atoms with Gasteiger partial charge in [0.25, 0.3) is 0 Å². The highest BCUT2D eigenvalue weighted by atomic mass is 35.5. The molecule has 0 aliphatic carbocycles. The molecule has 1 N–H and O–H groups in total. The van der Waals surface area contributed by atoms with Crippen molar-refractivity contribution < 1.29 is 19.0 Å². The lowest BCUT2D eigenvalue weighted by molar-refractivity contribution is -0.134. The summed E-state index contributed by atoms with van der Waals surface area (Å²) in [6, 6.07) is 13.0. The molecule has 5 nitrogen and oxygen atoms in total. The number of rotatable bonds is 6. The quantitative estimate of drug-likeness (QED) is 0.770. The molecule has 0 saturated carbocycles. The van der Waals surface area contributed by atoms with Gasteiger partial charge in [0, 0.05) is 11.6 Å². The van der Waals surface area contributed by atoms with E-state index >= 15 is 0 Å². The van der Waals surface area contributed by atoms with Crippen LogP contribution in [0, 0.1) is 0 Å². The molecule has 0 radical (unpaired) electrons. The Bertz CT molecular complexity index is 837. The number of carbonyl (C=O) groups is 1. The Kier molecular flexibility index (Phi) is 5.85. The Morgan fingerprint density at radius 2 is 1.85 bits per heavy atom. The van der Waals surface area contributed by atoms with Gasteiger partial charge in [0.2, 0.25) is 0 Å². The highest BCUT2D eigenvalue weighted by Gasteiger charge is 2.48. The Labute approximate surface area is 163 Å². The number of hydrogen-bond acceptors (Lipinski definition) is 5. The zero-order chi connectivity index (χ0) is 19.4. The van der Waals surface area contributed by atoms with Gasteiger partial charge in [-0.1, -0.05) is 36.4 Å². The van der Waals surface area contributed by atoms with Gasteiger partial charge in [-0.15, -0.1) is 0 Å². The predicted octanol–water partition coefficient (Wildman–Crippen LogP) is 3.34. The average Bonchev–Trinajstić information content (AvgIpc) is 2.73. The number of hydrogen-bond donors (Lipinski definition) is 1. The maximum atomic E-state index is 12.7. The standard InChI is InChI=1S/C21H22ClNO4/c1-4-17(24)20-21(23-11-12-27-20,14-5-8-16(22)9-6-14)15-7-10-18(25-2)19(13-15)26-3/h4-10,13,20,23H,1,11-12H2,2-3H3. The normalized spacial score (nSPS) is 22.1. The summed E-state index contributed by atoms with van der Waals surface area (Å²) in [6.45, 7) is 4.65. The van der Waals surface area contributed by atoms with Gasteiger partial charge in [0.05, 0.1) is 20.8 Å². The van der Waals surface area contributed by atoms with Gasteiger partial charge in [0.1, 0.15) is 11.6 Å². The highest BCUT2D eigenvalue weighted by molar-refractivity contribution is 6.30. The van der Waals surface area contributed by atoms with Crippen LogP contribution in [0.5, 0.6) is 11.5 Å². The molecule has 1 heterocycles. The van der Waals surface area contributed by atoms with Crippen LogP contribution in [0.25, 0.3) is 0 Å². The van der Waals surface area contributed by atoms with Crippen LogP contribution in [-0.4, -0.2) is 39.3 Å². The van der Waals surface area contributed by atoms with Crippen molar-refractivity contribution in [3.05, 3.63) is 71.3 Å². The van der Waals surface area contributed by atoms with E-state index < -0.39 is 11.6 Å². The summed E-state index contributed by atoms with van der Waals surface area (Å²) in [5, 5.41) is 4.12. The number of ether oxygens (including phenoxy) is 3. The molecular formula is C21H22ClNO4. The SMILES string of the molecule is C=CC(=O)C1OCCNC1(c1ccc(Cl)cc1)c1ccc(OC)c(OC)c1. The van der Waals surface area contributed by atoms with E-state index in [2.05, 4.69) is 11.9 Å². The lowest BCUT2D eigenvalue weighted by Crippen LogP contribution is -2.60. The number of carbonyl (C=O) groups excluding carboxylic acids is 1. The molecule has 1 fully saturated rings. The molecule has 3 rings (SSSR count). The van der Waals surface area contributed by atoms with Gasteiger partial charge in [0.15, 0.2) is 17.3 Å². The van der Waals surface area contributed by atoms with Crippen molar-refractivity contribution in [1.82, 2.24) is 5.32 Å². The van der Waals surface area contributed by atoms with Gasteiger partial charge in [-0.2, -0.15) is 0 Å². The number of ketones is 1. The summed E-state index contributed by atoms with van der Waals surface area (Å²) in [4.78, 5) is 12.7. The van der Waals surface area contributed by atoms with Crippen molar-refractivity contribution in [1.29, 1.82) is 0 Å². The molecule has 0 aromatic heterocycles. The molecule has 1 saturated heterocycles. The number of nitrogens with one attached hydrogen (secondary N) is 1. The largest absolute Gasteiger partial charge is 0.493 e. The van der Waals surface area contributed by atoms with Crippen molar-refractivity contribution in [2.24, 2.45) is 0 Å². The van der Waals surface area contributed by atoms with E-state index in [0.29, 0.717) is 29.7 Å². The molecule has 2 aromatic carbocycles. The number of methoxy groups -OCH3 is 2. The van der Waals surface area contributed by atoms with Crippen LogP contribution in [0.4, 0.5) is 0 Å². The van der Waals surface area contributed by atoms with E-state index in [1.807, 2.05) is 30.3 Å². The first-order valence-corrected chi connectivity index (χ1v) is 8.96. The first-order chi connectivity index (χ1) is 13.1. The van der Waals surface area contributed by atoms with Gasteiger partial charge >= 0.3 is 0 Å². The number of halogens is 1. The van der Waals surface area contributed by atoms with Crippen LogP contribution in [0.1, 0.15) is 11.1 Å². The van der Waals surface area contributed by atoms with Gasteiger partial charge < -0.3 is 14.2 Å². The number of morpholine rings is 1. The maximum absolute atomic E-state index is 12.7. The minimum absolute atomic E-state index is 0.202. The molecule has 142 valence electrons. The molecule has 1 aliphatic rings. The Morgan fingerprint density at radius 1 is 1.19 bits per heavy atom. The summed E-state index contributed by atoms with van der Waals surface area (Å²) in [5.74, 6) is 0.975. The molecule has 2 aromatic rings. The first-order valence-electron chi connectivity index (χ1n) is 8.58. The Morgan fingerprint density at radius 3 is 2.48 bits per heavy atom. The van der Waals surface area contributed by atoms with Crippen molar-refractivity contribution in [3.63, 3.8) is 0 Å². The minimum atomic E-state index is -0.909. The fourth-order valence-corrected chi connectivity index (χ4v) is 3.64. The van der Waals surface area contributed by atoms with Crippen LogP contribution in [0.2, 0.25) is 5.02 Å². The van der Waals surface area contributed by atoms with E-state index in [1.165, 1.54) is 6.08 Å². The van der Waals surface area contributed by atoms with Crippen LogP contribution in [0.3, 0.4) is 0 Å². The zero-order valence-electron chi connectivity index (χ0n) is 15.3. The fourth-order valence-electron chi connectivity index (χ4n) is 3.51. The number of benzene rings is 2. The molecule has 6 heteroatoms. The molecule has 0 spiro atoms. The second kappa shape index (κ2) is 8.13. The lowest BCUT2D eigenvalue weighted by Gasteiger charge is -2.44. The summed E-state index contributed by atoms with van der Waals surface area (Å²) in [7, 11) is 3.16. The van der Waals surface area contributed by atoms with Crippen LogP contribution >= 0.6 is 11.6 Å². The van der Waals surface area contributed by atoms with E-state index in [1.54, 1.807) is 26.4 Å². The molecule has 1 aliphatic heterocycles. The fraction of sp³-hybridized carbons (Fsp3) is 0.286. The molecule has 2 unspecified atom stereocenters. The third-order valence-electron chi connectivity index (χ3n) is 4.78. The molecule has 27 heavy (non-hydrogen) atoms. The van der Waals surface area contributed by atoms with Crippen molar-refractivity contribution >= 4 is 17.4 Å². The maximum Gasteiger partial charge on any atom is 0.186 e. The third kappa shape index (κ3) is 3.46. The molecule has 0 bridgehead atoms. The van der Waals surface area contributed by atoms with E-state index in [4.69, 9.17) is 25.8 Å². The average molecular weight is 388 g/mol. The van der Waals surface area contributed by atoms with Crippen molar-refractivity contribution in [2.75, 3.05) is 27.4 Å². The zero-order valence-corrected chi connectivity index (χ0v) is 16.1. The second-order valence-corrected chi connectivity index (χ2v) is 6.61. The first kappa shape index (κ1) is 19.4.